The summed E-state index contributed by atoms with van der Waals surface area (Å²) in [7, 11) is 0. The Hall–Kier alpha value is -0.910. The van der Waals surface area contributed by atoms with Crippen LogP contribution in [0.15, 0.2) is 0 Å². The van der Waals surface area contributed by atoms with Gasteiger partial charge in [-0.25, -0.2) is 9.59 Å². The van der Waals surface area contributed by atoms with Gasteiger partial charge in [0.25, 0.3) is 0 Å². The van der Waals surface area contributed by atoms with Gasteiger partial charge in [0.15, 0.2) is 0 Å². The first-order valence-corrected chi connectivity index (χ1v) is 7.57. The smallest absolute Gasteiger partial charge is 0.327 e. The minimum atomic E-state index is -0.913. The molecule has 0 aromatic heterocycles. The lowest BCUT2D eigenvalue weighted by Crippen LogP contribution is -2.55. The Labute approximate surface area is 111 Å². The van der Waals surface area contributed by atoms with E-state index in [0.29, 0.717) is 11.6 Å². The fraction of sp³-hybridized carbons (Fsp3) is 0.833. The number of nitrogens with one attached hydrogen (secondary N) is 1. The number of aliphatic carboxylic acids is 1. The third-order valence-electron chi connectivity index (χ3n) is 3.79. The number of hydrogen-bond acceptors (Lipinski definition) is 3. The summed E-state index contributed by atoms with van der Waals surface area (Å²) >= 11 is 1.49. The zero-order valence-corrected chi connectivity index (χ0v) is 11.5. The maximum Gasteiger partial charge on any atom is 0.327 e. The highest BCUT2D eigenvalue weighted by atomic mass is 32.2. The Kier molecular flexibility index (Phi) is 4.04. The molecule has 6 heteroatoms. The van der Waals surface area contributed by atoms with Crippen molar-refractivity contribution in [3.63, 3.8) is 0 Å². The molecule has 1 heterocycles. The van der Waals surface area contributed by atoms with Crippen molar-refractivity contribution in [3.8, 4) is 0 Å². The molecule has 0 radical (unpaired) electrons. The van der Waals surface area contributed by atoms with Crippen molar-refractivity contribution >= 4 is 23.8 Å². The lowest BCUT2D eigenvalue weighted by atomic mass is 9.83. The number of carboxylic acids is 1. The Morgan fingerprint density at radius 2 is 2.00 bits per heavy atom. The second-order valence-electron chi connectivity index (χ2n) is 5.38. The van der Waals surface area contributed by atoms with E-state index in [1.807, 2.05) is 0 Å². The monoisotopic (exact) mass is 272 g/mol. The average Bonchev–Trinajstić information content (AvgIpc) is 2.78. The van der Waals surface area contributed by atoms with E-state index in [9.17, 15) is 9.59 Å². The lowest BCUT2D eigenvalue weighted by Gasteiger charge is -2.36. The molecule has 2 fully saturated rings. The van der Waals surface area contributed by atoms with E-state index in [-0.39, 0.29) is 11.6 Å². The predicted octanol–water partition coefficient (Wildman–Crippen LogP) is 1.88. The van der Waals surface area contributed by atoms with Gasteiger partial charge in [-0.05, 0) is 19.8 Å². The number of hydrogen-bond donors (Lipinski definition) is 2. The van der Waals surface area contributed by atoms with Gasteiger partial charge in [0.1, 0.15) is 6.04 Å². The molecular weight excluding hydrogens is 252 g/mol. The number of carbonyl (C=O) groups excluding carboxylic acids is 1. The summed E-state index contributed by atoms with van der Waals surface area (Å²) in [6, 6.07) is -0.904. The van der Waals surface area contributed by atoms with E-state index in [0.717, 1.165) is 25.7 Å². The van der Waals surface area contributed by atoms with Crippen molar-refractivity contribution in [2.75, 3.05) is 11.6 Å². The lowest BCUT2D eigenvalue weighted by molar-refractivity contribution is -0.140. The highest BCUT2D eigenvalue weighted by Crippen LogP contribution is 2.29. The highest BCUT2D eigenvalue weighted by molar-refractivity contribution is 7.99. The SMILES string of the molecule is CC1(NC(=O)N2CSCC2C(=O)O)CCCCC1. The van der Waals surface area contributed by atoms with E-state index in [2.05, 4.69) is 12.2 Å². The molecule has 1 aliphatic carbocycles. The minimum absolute atomic E-state index is 0.161. The Bertz CT molecular complexity index is 342. The van der Waals surface area contributed by atoms with Crippen LogP contribution in [0.4, 0.5) is 4.79 Å². The van der Waals surface area contributed by atoms with Gasteiger partial charge in [-0.2, -0.15) is 0 Å². The number of nitrogens with zero attached hydrogens (tertiary/aromatic N) is 1. The molecule has 1 unspecified atom stereocenters. The van der Waals surface area contributed by atoms with Gasteiger partial charge in [0.2, 0.25) is 0 Å². The Balaban J connectivity index is 1.96. The standard InChI is InChI=1S/C12H20N2O3S/c1-12(5-3-2-4-6-12)13-11(17)14-8-18-7-9(14)10(15)16/h9H,2-8H2,1H3,(H,13,17)(H,15,16). The molecule has 102 valence electrons. The molecular formula is C12H20N2O3S. The van der Waals surface area contributed by atoms with Crippen LogP contribution in [-0.4, -0.2) is 45.2 Å². The largest absolute Gasteiger partial charge is 0.480 e. The number of urea groups is 1. The summed E-state index contributed by atoms with van der Waals surface area (Å²) in [5, 5.41) is 12.1. The maximum absolute atomic E-state index is 12.2. The molecule has 0 bridgehead atoms. The number of rotatable bonds is 2. The Morgan fingerprint density at radius 3 is 2.61 bits per heavy atom. The van der Waals surface area contributed by atoms with Gasteiger partial charge >= 0.3 is 12.0 Å². The third kappa shape index (κ3) is 2.91. The molecule has 2 amide bonds. The van der Waals surface area contributed by atoms with Crippen LogP contribution in [0.25, 0.3) is 0 Å². The fourth-order valence-electron chi connectivity index (χ4n) is 2.63. The molecule has 18 heavy (non-hydrogen) atoms. The fourth-order valence-corrected chi connectivity index (χ4v) is 3.78. The second-order valence-corrected chi connectivity index (χ2v) is 6.37. The molecule has 1 saturated heterocycles. The van der Waals surface area contributed by atoms with Crippen molar-refractivity contribution in [1.29, 1.82) is 0 Å². The predicted molar refractivity (Wildman–Crippen MR) is 70.6 cm³/mol. The van der Waals surface area contributed by atoms with Gasteiger partial charge < -0.3 is 15.3 Å². The average molecular weight is 272 g/mol. The van der Waals surface area contributed by atoms with Crippen LogP contribution in [0.1, 0.15) is 39.0 Å². The van der Waals surface area contributed by atoms with E-state index in [1.165, 1.54) is 23.1 Å². The van der Waals surface area contributed by atoms with Crippen molar-refractivity contribution in [3.05, 3.63) is 0 Å². The van der Waals surface area contributed by atoms with Crippen LogP contribution >= 0.6 is 11.8 Å². The van der Waals surface area contributed by atoms with Crippen molar-refractivity contribution in [1.82, 2.24) is 10.2 Å². The van der Waals surface area contributed by atoms with Crippen LogP contribution < -0.4 is 5.32 Å². The normalized spacial score (nSPS) is 26.9. The van der Waals surface area contributed by atoms with E-state index < -0.39 is 12.0 Å². The number of amides is 2. The van der Waals surface area contributed by atoms with Gasteiger partial charge in [-0.1, -0.05) is 19.3 Å². The van der Waals surface area contributed by atoms with Crippen LogP contribution in [0.2, 0.25) is 0 Å². The first-order chi connectivity index (χ1) is 8.52. The van der Waals surface area contributed by atoms with Crippen LogP contribution in [-0.2, 0) is 4.79 Å². The zero-order chi connectivity index (χ0) is 13.2. The summed E-state index contributed by atoms with van der Waals surface area (Å²) in [6.45, 7) is 2.06. The Morgan fingerprint density at radius 1 is 1.33 bits per heavy atom. The number of thioether (sulfide) groups is 1. The molecule has 1 saturated carbocycles. The molecule has 0 aromatic carbocycles. The van der Waals surface area contributed by atoms with Gasteiger partial charge in [0.05, 0.1) is 5.88 Å². The maximum atomic E-state index is 12.2. The van der Waals surface area contributed by atoms with Gasteiger partial charge in [-0.15, -0.1) is 11.8 Å². The molecule has 2 aliphatic rings. The summed E-state index contributed by atoms with van der Waals surface area (Å²) < 4.78 is 0. The van der Waals surface area contributed by atoms with Crippen LogP contribution in [0.5, 0.6) is 0 Å². The minimum Gasteiger partial charge on any atom is -0.480 e. The van der Waals surface area contributed by atoms with Crippen molar-refractivity contribution in [2.45, 2.75) is 50.6 Å². The number of carbonyl (C=O) groups is 2. The van der Waals surface area contributed by atoms with Gasteiger partial charge in [-0.3, -0.25) is 0 Å². The molecule has 5 nitrogen and oxygen atoms in total. The topological polar surface area (TPSA) is 69.6 Å². The quantitative estimate of drug-likeness (QED) is 0.805. The molecule has 1 atom stereocenters. The molecule has 2 N–H and O–H groups in total. The van der Waals surface area contributed by atoms with E-state index >= 15 is 0 Å². The van der Waals surface area contributed by atoms with Crippen molar-refractivity contribution < 1.29 is 14.7 Å². The van der Waals surface area contributed by atoms with Gasteiger partial charge in [0, 0.05) is 11.3 Å². The first-order valence-electron chi connectivity index (χ1n) is 6.41. The molecule has 0 spiro atoms. The summed E-state index contributed by atoms with van der Waals surface area (Å²) in [5.74, 6) is 0.0437. The molecule has 0 aromatic rings. The van der Waals surface area contributed by atoms with E-state index in [4.69, 9.17) is 5.11 Å². The number of carboxylic acid groups (broad SMARTS) is 1. The van der Waals surface area contributed by atoms with Crippen molar-refractivity contribution in [2.24, 2.45) is 0 Å². The van der Waals surface area contributed by atoms with E-state index in [1.54, 1.807) is 0 Å². The summed E-state index contributed by atoms with van der Waals surface area (Å²) in [5.41, 5.74) is -0.161. The summed E-state index contributed by atoms with van der Waals surface area (Å²) in [4.78, 5) is 24.7. The third-order valence-corrected chi connectivity index (χ3v) is 4.81. The highest BCUT2D eigenvalue weighted by Gasteiger charge is 2.37. The molecule has 1 aliphatic heterocycles. The van der Waals surface area contributed by atoms with Crippen LogP contribution in [0.3, 0.4) is 0 Å². The first kappa shape index (κ1) is 13.5. The molecule has 2 rings (SSSR count). The second kappa shape index (κ2) is 5.38. The van der Waals surface area contributed by atoms with Crippen LogP contribution in [0, 0.1) is 0 Å². The zero-order valence-electron chi connectivity index (χ0n) is 10.6. The summed E-state index contributed by atoms with van der Waals surface area (Å²) in [6.07, 6.45) is 5.46.